The molecule has 1 atom stereocenters. The van der Waals surface area contributed by atoms with E-state index in [2.05, 4.69) is 15.1 Å². The molecule has 4 rings (SSSR count). The molecule has 1 fully saturated rings. The lowest BCUT2D eigenvalue weighted by Crippen LogP contribution is -2.52. The molecule has 0 N–H and O–H groups in total. The second-order valence-corrected chi connectivity index (χ2v) is 8.09. The highest BCUT2D eigenvalue weighted by Crippen LogP contribution is 2.32. The Labute approximate surface area is 205 Å². The molecule has 2 aromatic carbocycles. The van der Waals surface area contributed by atoms with Crippen LogP contribution in [-0.4, -0.2) is 74.6 Å². The Balaban J connectivity index is 1.35. The minimum atomic E-state index is -0.577. The zero-order chi connectivity index (χ0) is 24.8. The minimum Gasteiger partial charge on any atom is -0.497 e. The van der Waals surface area contributed by atoms with Gasteiger partial charge in [-0.25, -0.2) is 0 Å². The fourth-order valence-electron chi connectivity index (χ4n) is 3.97. The van der Waals surface area contributed by atoms with Crippen LogP contribution in [0.15, 0.2) is 54.6 Å². The molecule has 1 aliphatic rings. The summed E-state index contributed by atoms with van der Waals surface area (Å²) in [6.07, 6.45) is -0.577. The van der Waals surface area contributed by atoms with Gasteiger partial charge in [-0.3, -0.25) is 4.79 Å². The monoisotopic (exact) mass is 478 g/mol. The molecule has 9 nitrogen and oxygen atoms in total. The molecule has 1 unspecified atom stereocenters. The Morgan fingerprint density at radius 2 is 1.46 bits per heavy atom. The van der Waals surface area contributed by atoms with Crippen molar-refractivity contribution in [1.29, 1.82) is 0 Å². The number of nitrogens with zero attached hydrogens (tertiary/aromatic N) is 4. The van der Waals surface area contributed by atoms with Crippen LogP contribution in [0.1, 0.15) is 6.92 Å². The lowest BCUT2D eigenvalue weighted by atomic mass is 10.1. The smallest absolute Gasteiger partial charge is 0.263 e. The summed E-state index contributed by atoms with van der Waals surface area (Å²) >= 11 is 0. The summed E-state index contributed by atoms with van der Waals surface area (Å²) in [6, 6.07) is 16.6. The number of aromatic nitrogens is 2. The molecule has 0 aliphatic carbocycles. The van der Waals surface area contributed by atoms with Crippen LogP contribution in [0.25, 0.3) is 11.3 Å². The largest absolute Gasteiger partial charge is 0.497 e. The van der Waals surface area contributed by atoms with Crippen molar-refractivity contribution in [3.05, 3.63) is 54.6 Å². The quantitative estimate of drug-likeness (QED) is 0.488. The molecular weight excluding hydrogens is 448 g/mol. The summed E-state index contributed by atoms with van der Waals surface area (Å²) in [5, 5.41) is 8.84. The van der Waals surface area contributed by atoms with Crippen molar-refractivity contribution in [1.82, 2.24) is 15.1 Å². The second kappa shape index (κ2) is 10.9. The summed E-state index contributed by atoms with van der Waals surface area (Å²) in [6.45, 7) is 4.27. The van der Waals surface area contributed by atoms with Gasteiger partial charge in [0.25, 0.3) is 5.91 Å². The van der Waals surface area contributed by atoms with Crippen molar-refractivity contribution in [3.8, 4) is 34.3 Å². The molecule has 1 aromatic heterocycles. The van der Waals surface area contributed by atoms with Gasteiger partial charge < -0.3 is 28.7 Å². The third kappa shape index (κ3) is 5.56. The van der Waals surface area contributed by atoms with Crippen LogP contribution in [0, 0.1) is 0 Å². The number of piperazine rings is 1. The average Bonchev–Trinajstić information content (AvgIpc) is 2.92. The van der Waals surface area contributed by atoms with E-state index >= 15 is 0 Å². The van der Waals surface area contributed by atoms with E-state index in [1.54, 1.807) is 40.4 Å². The number of ether oxygens (including phenoxy) is 4. The number of anilines is 1. The van der Waals surface area contributed by atoms with E-state index in [4.69, 9.17) is 18.9 Å². The van der Waals surface area contributed by atoms with Gasteiger partial charge in [0.1, 0.15) is 23.0 Å². The molecule has 35 heavy (non-hydrogen) atoms. The van der Waals surface area contributed by atoms with Crippen LogP contribution in [0.5, 0.6) is 23.0 Å². The third-order valence-electron chi connectivity index (χ3n) is 5.97. The van der Waals surface area contributed by atoms with Crippen molar-refractivity contribution in [2.75, 3.05) is 52.4 Å². The van der Waals surface area contributed by atoms with Crippen LogP contribution >= 0.6 is 0 Å². The first kappa shape index (κ1) is 24.1. The van der Waals surface area contributed by atoms with Crippen molar-refractivity contribution in [2.45, 2.75) is 13.0 Å². The van der Waals surface area contributed by atoms with E-state index in [0.717, 1.165) is 22.9 Å². The number of rotatable bonds is 8. The number of amides is 1. The maximum atomic E-state index is 12.9. The predicted octanol–water partition coefficient (Wildman–Crippen LogP) is 3.29. The summed E-state index contributed by atoms with van der Waals surface area (Å²) in [7, 11) is 4.85. The molecule has 0 saturated carbocycles. The van der Waals surface area contributed by atoms with E-state index in [1.165, 1.54) is 0 Å². The molecule has 1 amide bonds. The highest BCUT2D eigenvalue weighted by molar-refractivity contribution is 5.81. The minimum absolute atomic E-state index is 0.0352. The first-order valence-corrected chi connectivity index (χ1v) is 11.4. The van der Waals surface area contributed by atoms with Gasteiger partial charge in [0.05, 0.1) is 27.0 Å². The fraction of sp³-hybridized carbons (Fsp3) is 0.346. The molecule has 9 heteroatoms. The standard InChI is InChI=1S/C26H30N4O5/c1-18(35-20-7-5-19(32-2)6-8-20)26(31)30-15-13-29(14-16-30)25-12-10-23(27-28-25)22-17-21(33-3)9-11-24(22)34-4/h5-12,17-18H,13-16H2,1-4H3. The van der Waals surface area contributed by atoms with Crippen molar-refractivity contribution in [2.24, 2.45) is 0 Å². The Morgan fingerprint density at radius 1 is 0.800 bits per heavy atom. The van der Waals surface area contributed by atoms with E-state index < -0.39 is 6.10 Å². The topological polar surface area (TPSA) is 86.3 Å². The molecule has 3 aromatic rings. The van der Waals surface area contributed by atoms with Gasteiger partial charge >= 0.3 is 0 Å². The molecule has 0 radical (unpaired) electrons. The summed E-state index contributed by atoms with van der Waals surface area (Å²) in [5.74, 6) is 3.53. The Hall–Kier alpha value is -4.01. The molecular formula is C26H30N4O5. The number of hydrogen-bond donors (Lipinski definition) is 0. The summed E-state index contributed by atoms with van der Waals surface area (Å²) in [4.78, 5) is 16.8. The Kier molecular flexibility index (Phi) is 7.54. The second-order valence-electron chi connectivity index (χ2n) is 8.09. The average molecular weight is 479 g/mol. The van der Waals surface area contributed by atoms with E-state index in [0.29, 0.717) is 43.4 Å². The normalized spacial score (nSPS) is 14.3. The first-order chi connectivity index (χ1) is 17.0. The Bertz CT molecular complexity index is 1130. The van der Waals surface area contributed by atoms with Gasteiger partial charge in [-0.2, -0.15) is 0 Å². The van der Waals surface area contributed by atoms with Crippen LogP contribution in [0.4, 0.5) is 5.82 Å². The van der Waals surface area contributed by atoms with Crippen molar-refractivity contribution < 1.29 is 23.7 Å². The maximum absolute atomic E-state index is 12.9. The van der Waals surface area contributed by atoms with E-state index in [9.17, 15) is 4.79 Å². The highest BCUT2D eigenvalue weighted by Gasteiger charge is 2.27. The molecule has 2 heterocycles. The maximum Gasteiger partial charge on any atom is 0.263 e. The van der Waals surface area contributed by atoms with Gasteiger partial charge in [-0.05, 0) is 61.5 Å². The van der Waals surface area contributed by atoms with Gasteiger partial charge in [-0.15, -0.1) is 10.2 Å². The number of hydrogen-bond acceptors (Lipinski definition) is 8. The SMILES string of the molecule is COc1ccc(OC(C)C(=O)N2CCN(c3ccc(-c4cc(OC)ccc4OC)nn3)CC2)cc1. The molecule has 0 spiro atoms. The summed E-state index contributed by atoms with van der Waals surface area (Å²) in [5.41, 5.74) is 1.51. The van der Waals surface area contributed by atoms with Crippen LogP contribution in [-0.2, 0) is 4.79 Å². The Morgan fingerprint density at radius 3 is 2.06 bits per heavy atom. The first-order valence-electron chi connectivity index (χ1n) is 11.4. The third-order valence-corrected chi connectivity index (χ3v) is 5.97. The number of benzene rings is 2. The lowest BCUT2D eigenvalue weighted by Gasteiger charge is -2.36. The van der Waals surface area contributed by atoms with Crippen LogP contribution in [0.2, 0.25) is 0 Å². The molecule has 184 valence electrons. The molecule has 1 aliphatic heterocycles. The lowest BCUT2D eigenvalue weighted by molar-refractivity contribution is -0.138. The fourth-order valence-corrected chi connectivity index (χ4v) is 3.97. The molecule has 1 saturated heterocycles. The van der Waals surface area contributed by atoms with E-state index in [1.807, 2.05) is 47.4 Å². The van der Waals surface area contributed by atoms with Gasteiger partial charge in [-0.1, -0.05) is 0 Å². The van der Waals surface area contributed by atoms with Gasteiger partial charge in [0.15, 0.2) is 11.9 Å². The van der Waals surface area contributed by atoms with Crippen molar-refractivity contribution >= 4 is 11.7 Å². The zero-order valence-corrected chi connectivity index (χ0v) is 20.4. The van der Waals surface area contributed by atoms with Gasteiger partial charge in [0, 0.05) is 31.7 Å². The van der Waals surface area contributed by atoms with Crippen LogP contribution < -0.4 is 23.8 Å². The zero-order valence-electron chi connectivity index (χ0n) is 20.4. The summed E-state index contributed by atoms with van der Waals surface area (Å²) < 4.78 is 21.8. The highest BCUT2D eigenvalue weighted by atomic mass is 16.5. The van der Waals surface area contributed by atoms with Crippen LogP contribution in [0.3, 0.4) is 0 Å². The number of carbonyl (C=O) groups is 1. The predicted molar refractivity (Wildman–Crippen MR) is 132 cm³/mol. The van der Waals surface area contributed by atoms with Crippen molar-refractivity contribution in [3.63, 3.8) is 0 Å². The molecule has 0 bridgehead atoms. The van der Waals surface area contributed by atoms with E-state index in [-0.39, 0.29) is 5.91 Å². The number of carbonyl (C=O) groups excluding carboxylic acids is 1. The number of methoxy groups -OCH3 is 3. The van der Waals surface area contributed by atoms with Gasteiger partial charge in [0.2, 0.25) is 0 Å².